The molecule has 1 aliphatic carbocycles. The molecule has 0 aliphatic heterocycles. The lowest BCUT2D eigenvalue weighted by Gasteiger charge is -2.39. The predicted octanol–water partition coefficient (Wildman–Crippen LogP) is 1.95. The van der Waals surface area contributed by atoms with Gasteiger partial charge in [0.25, 0.3) is 0 Å². The van der Waals surface area contributed by atoms with Crippen LogP contribution in [0.3, 0.4) is 0 Å². The lowest BCUT2D eigenvalue weighted by Crippen LogP contribution is -2.46. The minimum absolute atomic E-state index is 0.313. The Morgan fingerprint density at radius 2 is 2.12 bits per heavy atom. The summed E-state index contributed by atoms with van der Waals surface area (Å²) < 4.78 is 11.1. The summed E-state index contributed by atoms with van der Waals surface area (Å²) in [7, 11) is 4.21. The van der Waals surface area contributed by atoms with Crippen LogP contribution in [0.4, 0.5) is 0 Å². The maximum atomic E-state index is 5.77. The normalized spacial score (nSPS) is 23.3. The van der Waals surface area contributed by atoms with Crippen molar-refractivity contribution in [2.24, 2.45) is 0 Å². The summed E-state index contributed by atoms with van der Waals surface area (Å²) in [4.78, 5) is 6.47. The second kappa shape index (κ2) is 5.36. The Morgan fingerprint density at radius 3 is 2.65 bits per heavy atom. The van der Waals surface area contributed by atoms with E-state index < -0.39 is 0 Å². The molecule has 0 radical (unpaired) electrons. The van der Waals surface area contributed by atoms with Crippen LogP contribution in [0.15, 0.2) is 18.3 Å². The minimum Gasteiger partial charge on any atom is -0.492 e. The number of ether oxygens (including phenoxy) is 2. The summed E-state index contributed by atoms with van der Waals surface area (Å²) in [6, 6.07) is 4.42. The number of nitrogens with zero attached hydrogens (tertiary/aromatic N) is 2. The highest BCUT2D eigenvalue weighted by atomic mass is 16.5. The molecule has 1 fully saturated rings. The zero-order chi connectivity index (χ0) is 12.3. The monoisotopic (exact) mass is 236 g/mol. The van der Waals surface area contributed by atoms with Gasteiger partial charge in [-0.1, -0.05) is 0 Å². The van der Waals surface area contributed by atoms with Crippen LogP contribution in [-0.2, 0) is 0 Å². The van der Waals surface area contributed by atoms with E-state index in [9.17, 15) is 0 Å². The molecule has 4 nitrogen and oxygen atoms in total. The maximum absolute atomic E-state index is 5.77. The average Bonchev–Trinajstić information content (AvgIpc) is 2.25. The minimum atomic E-state index is 0.313. The average molecular weight is 236 g/mol. The lowest BCUT2D eigenvalue weighted by molar-refractivity contribution is 0.0369. The molecule has 2 rings (SSSR count). The molecule has 0 saturated heterocycles. The Kier molecular flexibility index (Phi) is 3.84. The van der Waals surface area contributed by atoms with Gasteiger partial charge in [-0.3, -0.25) is 0 Å². The zero-order valence-corrected chi connectivity index (χ0v) is 10.7. The van der Waals surface area contributed by atoms with Gasteiger partial charge in [0.1, 0.15) is 11.9 Å². The Morgan fingerprint density at radius 1 is 1.35 bits per heavy atom. The molecule has 1 aromatic heterocycles. The number of rotatable bonds is 5. The SMILES string of the molecule is CCOc1ccc(OC2CC(N(C)C)C2)nc1. The van der Waals surface area contributed by atoms with Crippen molar-refractivity contribution in [1.82, 2.24) is 9.88 Å². The number of hydrogen-bond acceptors (Lipinski definition) is 4. The molecule has 0 N–H and O–H groups in total. The van der Waals surface area contributed by atoms with Crippen molar-refractivity contribution >= 4 is 0 Å². The predicted molar refractivity (Wildman–Crippen MR) is 66.5 cm³/mol. The van der Waals surface area contributed by atoms with Crippen LogP contribution in [0.25, 0.3) is 0 Å². The van der Waals surface area contributed by atoms with Gasteiger partial charge in [0.05, 0.1) is 12.8 Å². The Balaban J connectivity index is 1.80. The smallest absolute Gasteiger partial charge is 0.213 e. The molecule has 1 heterocycles. The number of pyridine rings is 1. The Bertz CT molecular complexity index is 345. The molecule has 0 unspecified atom stereocenters. The van der Waals surface area contributed by atoms with Crippen LogP contribution in [-0.4, -0.2) is 42.7 Å². The van der Waals surface area contributed by atoms with Crippen LogP contribution in [0.5, 0.6) is 11.6 Å². The highest BCUT2D eigenvalue weighted by molar-refractivity contribution is 5.23. The van der Waals surface area contributed by atoms with E-state index in [1.165, 1.54) is 0 Å². The van der Waals surface area contributed by atoms with Gasteiger partial charge in [0, 0.05) is 24.9 Å². The van der Waals surface area contributed by atoms with Gasteiger partial charge in [0.2, 0.25) is 5.88 Å². The highest BCUT2D eigenvalue weighted by Gasteiger charge is 2.32. The fourth-order valence-electron chi connectivity index (χ4n) is 1.91. The van der Waals surface area contributed by atoms with Crippen molar-refractivity contribution in [3.63, 3.8) is 0 Å². The second-order valence-corrected chi connectivity index (χ2v) is 4.59. The summed E-state index contributed by atoms with van der Waals surface area (Å²) in [5, 5.41) is 0. The van der Waals surface area contributed by atoms with E-state index in [1.54, 1.807) is 6.20 Å². The molecule has 4 heteroatoms. The van der Waals surface area contributed by atoms with Gasteiger partial charge >= 0.3 is 0 Å². The van der Waals surface area contributed by atoms with E-state index in [1.807, 2.05) is 19.1 Å². The third-order valence-corrected chi connectivity index (χ3v) is 3.11. The highest BCUT2D eigenvalue weighted by Crippen LogP contribution is 2.28. The van der Waals surface area contributed by atoms with Gasteiger partial charge in [0.15, 0.2) is 0 Å². The van der Waals surface area contributed by atoms with Crippen LogP contribution >= 0.6 is 0 Å². The third-order valence-electron chi connectivity index (χ3n) is 3.11. The van der Waals surface area contributed by atoms with E-state index >= 15 is 0 Å². The van der Waals surface area contributed by atoms with Crippen molar-refractivity contribution < 1.29 is 9.47 Å². The Labute approximate surface area is 103 Å². The maximum Gasteiger partial charge on any atom is 0.213 e. The molecule has 0 spiro atoms. The molecule has 0 atom stereocenters. The van der Waals surface area contributed by atoms with E-state index in [0.717, 1.165) is 18.6 Å². The van der Waals surface area contributed by atoms with Gasteiger partial charge in [-0.05, 0) is 27.1 Å². The van der Waals surface area contributed by atoms with E-state index in [4.69, 9.17) is 9.47 Å². The molecule has 0 bridgehead atoms. The standard InChI is InChI=1S/C13H20N2O2/c1-4-16-11-5-6-13(14-9-11)17-12-7-10(8-12)15(2)3/h5-6,9-10,12H,4,7-8H2,1-3H3. The summed E-state index contributed by atoms with van der Waals surface area (Å²) >= 11 is 0. The van der Waals surface area contributed by atoms with Crippen LogP contribution in [0.1, 0.15) is 19.8 Å². The molecule has 17 heavy (non-hydrogen) atoms. The summed E-state index contributed by atoms with van der Waals surface area (Å²) in [6.07, 6.45) is 4.19. The van der Waals surface area contributed by atoms with E-state index in [2.05, 4.69) is 24.0 Å². The van der Waals surface area contributed by atoms with Crippen LogP contribution < -0.4 is 9.47 Å². The molecule has 1 aliphatic rings. The van der Waals surface area contributed by atoms with Gasteiger partial charge in [-0.25, -0.2) is 4.98 Å². The first-order valence-corrected chi connectivity index (χ1v) is 6.11. The fraction of sp³-hybridized carbons (Fsp3) is 0.615. The van der Waals surface area contributed by atoms with Crippen molar-refractivity contribution in [3.05, 3.63) is 18.3 Å². The summed E-state index contributed by atoms with van der Waals surface area (Å²) in [6.45, 7) is 2.62. The molecule has 94 valence electrons. The molecule has 1 saturated carbocycles. The van der Waals surface area contributed by atoms with Crippen molar-refractivity contribution in [2.75, 3.05) is 20.7 Å². The first-order chi connectivity index (χ1) is 8.19. The van der Waals surface area contributed by atoms with Gasteiger partial charge in [-0.2, -0.15) is 0 Å². The van der Waals surface area contributed by atoms with Gasteiger partial charge < -0.3 is 14.4 Å². The largest absolute Gasteiger partial charge is 0.492 e. The van der Waals surface area contributed by atoms with Gasteiger partial charge in [-0.15, -0.1) is 0 Å². The lowest BCUT2D eigenvalue weighted by atomic mass is 9.88. The number of hydrogen-bond donors (Lipinski definition) is 0. The molecule has 0 amide bonds. The molecule has 0 aromatic carbocycles. The molecular formula is C13H20N2O2. The zero-order valence-electron chi connectivity index (χ0n) is 10.7. The fourth-order valence-corrected chi connectivity index (χ4v) is 1.91. The third kappa shape index (κ3) is 3.09. The summed E-state index contributed by atoms with van der Waals surface area (Å²) in [5.74, 6) is 1.48. The first kappa shape index (κ1) is 12.2. The first-order valence-electron chi connectivity index (χ1n) is 6.11. The van der Waals surface area contributed by atoms with E-state index in [0.29, 0.717) is 24.6 Å². The topological polar surface area (TPSA) is 34.6 Å². The van der Waals surface area contributed by atoms with Crippen molar-refractivity contribution in [2.45, 2.75) is 31.9 Å². The van der Waals surface area contributed by atoms with Crippen molar-refractivity contribution in [1.29, 1.82) is 0 Å². The molecule has 1 aromatic rings. The van der Waals surface area contributed by atoms with E-state index in [-0.39, 0.29) is 0 Å². The quantitative estimate of drug-likeness (QED) is 0.782. The number of aromatic nitrogens is 1. The van der Waals surface area contributed by atoms with Crippen LogP contribution in [0, 0.1) is 0 Å². The Hall–Kier alpha value is -1.29. The second-order valence-electron chi connectivity index (χ2n) is 4.59. The molecular weight excluding hydrogens is 216 g/mol. The summed E-state index contributed by atoms with van der Waals surface area (Å²) in [5.41, 5.74) is 0. The van der Waals surface area contributed by atoms with Crippen molar-refractivity contribution in [3.8, 4) is 11.6 Å². The van der Waals surface area contributed by atoms with Crippen LogP contribution in [0.2, 0.25) is 0 Å².